The first-order valence-electron chi connectivity index (χ1n) is 9.36. The van der Waals surface area contributed by atoms with E-state index in [1.807, 2.05) is 25.5 Å². The summed E-state index contributed by atoms with van der Waals surface area (Å²) < 4.78 is 32.7. The molecule has 9 heteroatoms. The van der Waals surface area contributed by atoms with Gasteiger partial charge in [0, 0.05) is 16.0 Å². The number of ether oxygens (including phenoxy) is 1. The monoisotopic (exact) mass is 438 g/mol. The van der Waals surface area contributed by atoms with Crippen LogP contribution in [0.1, 0.15) is 48.8 Å². The molecule has 2 aromatic rings. The van der Waals surface area contributed by atoms with Gasteiger partial charge in [-0.25, -0.2) is 17.9 Å². The lowest BCUT2D eigenvalue weighted by molar-refractivity contribution is 0.1000. The second-order valence-corrected chi connectivity index (χ2v) is 10.1. The number of hydrogen-bond acceptors (Lipinski definition) is 6. The van der Waals surface area contributed by atoms with Gasteiger partial charge >= 0.3 is 6.09 Å². The Labute approximate surface area is 175 Å². The van der Waals surface area contributed by atoms with E-state index in [1.165, 1.54) is 0 Å². The number of hydrogen-bond donors (Lipinski definition) is 2. The van der Waals surface area contributed by atoms with Gasteiger partial charge < -0.3 is 10.5 Å². The molecular weight excluding hydrogens is 412 g/mol. The van der Waals surface area contributed by atoms with E-state index in [0.717, 1.165) is 22.6 Å². The smallest absolute Gasteiger partial charge is 0.421 e. The highest BCUT2D eigenvalue weighted by molar-refractivity contribution is 7.92. The number of benzene rings is 1. The van der Waals surface area contributed by atoms with Crippen LogP contribution in [0.2, 0.25) is 0 Å². The van der Waals surface area contributed by atoms with Crippen molar-refractivity contribution in [3.8, 4) is 11.1 Å². The molecule has 2 amide bonds. The van der Waals surface area contributed by atoms with Crippen LogP contribution in [0, 0.1) is 5.92 Å². The van der Waals surface area contributed by atoms with Crippen LogP contribution in [0.4, 0.5) is 4.79 Å². The summed E-state index contributed by atoms with van der Waals surface area (Å²) in [6, 6.07) is 8.17. The molecular formula is C20H26N2O5S2. The zero-order valence-electron chi connectivity index (χ0n) is 16.7. The zero-order chi connectivity index (χ0) is 21.6. The Bertz CT molecular complexity index is 963. The Morgan fingerprint density at radius 3 is 2.41 bits per heavy atom. The largest absolute Gasteiger partial charge is 0.449 e. The van der Waals surface area contributed by atoms with Crippen molar-refractivity contribution in [2.24, 2.45) is 11.7 Å². The molecule has 1 aromatic heterocycles. The van der Waals surface area contributed by atoms with Gasteiger partial charge in [0.25, 0.3) is 10.0 Å². The average molecular weight is 439 g/mol. The average Bonchev–Trinajstić information content (AvgIpc) is 3.05. The van der Waals surface area contributed by atoms with Crippen molar-refractivity contribution in [1.29, 1.82) is 0 Å². The number of carbonyl (C=O) groups excluding carboxylic acids is 2. The number of thiophene rings is 1. The topological polar surface area (TPSA) is 116 Å². The van der Waals surface area contributed by atoms with Crippen molar-refractivity contribution >= 4 is 33.4 Å². The Balaban J connectivity index is 2.39. The summed E-state index contributed by atoms with van der Waals surface area (Å²) in [7, 11) is -4.11. The molecule has 1 aromatic carbocycles. The van der Waals surface area contributed by atoms with Gasteiger partial charge in [-0.1, -0.05) is 39.3 Å². The second-order valence-electron chi connectivity index (χ2n) is 7.05. The van der Waals surface area contributed by atoms with Crippen LogP contribution in [-0.2, 0) is 21.2 Å². The number of sulfonamides is 1. The van der Waals surface area contributed by atoms with Crippen molar-refractivity contribution in [3.05, 3.63) is 40.8 Å². The van der Waals surface area contributed by atoms with Crippen molar-refractivity contribution in [1.82, 2.24) is 4.72 Å². The molecule has 7 nitrogen and oxygen atoms in total. The maximum absolute atomic E-state index is 12.9. The first kappa shape index (κ1) is 22.9. The molecule has 0 saturated heterocycles. The van der Waals surface area contributed by atoms with E-state index in [0.29, 0.717) is 35.4 Å². The number of unbranched alkanes of at least 4 members (excludes halogenated alkanes) is 1. The SMILES string of the molecule is CCCCOC(=O)NS(=O)(=O)c1sc(CC(C)C)cc1-c1ccc(C(N)=O)cc1. The molecule has 0 aliphatic heterocycles. The van der Waals surface area contributed by atoms with Gasteiger partial charge in [0.05, 0.1) is 6.61 Å². The molecule has 158 valence electrons. The third kappa shape index (κ3) is 6.30. The van der Waals surface area contributed by atoms with Gasteiger partial charge in [-0.3, -0.25) is 4.79 Å². The molecule has 0 atom stereocenters. The summed E-state index contributed by atoms with van der Waals surface area (Å²) in [6.45, 7) is 6.18. The molecule has 0 spiro atoms. The predicted octanol–water partition coefficient (Wildman–Crippen LogP) is 3.93. The zero-order valence-corrected chi connectivity index (χ0v) is 18.4. The van der Waals surface area contributed by atoms with Crippen LogP contribution in [0.5, 0.6) is 0 Å². The van der Waals surface area contributed by atoms with Crippen LogP contribution in [0.3, 0.4) is 0 Å². The Morgan fingerprint density at radius 1 is 1.21 bits per heavy atom. The summed E-state index contributed by atoms with van der Waals surface area (Å²) in [5.41, 5.74) is 6.68. The number of nitrogens with two attached hydrogens (primary N) is 1. The van der Waals surface area contributed by atoms with E-state index < -0.39 is 22.0 Å². The van der Waals surface area contributed by atoms with Crippen LogP contribution in [-0.4, -0.2) is 27.0 Å². The fourth-order valence-electron chi connectivity index (χ4n) is 2.64. The van der Waals surface area contributed by atoms with Crippen molar-refractivity contribution in [3.63, 3.8) is 0 Å². The van der Waals surface area contributed by atoms with Crippen LogP contribution >= 0.6 is 11.3 Å². The number of rotatable bonds is 9. The molecule has 1 heterocycles. The minimum atomic E-state index is -4.11. The minimum Gasteiger partial charge on any atom is -0.449 e. The maximum Gasteiger partial charge on any atom is 0.421 e. The van der Waals surface area contributed by atoms with Gasteiger partial charge in [0.15, 0.2) is 0 Å². The summed E-state index contributed by atoms with van der Waals surface area (Å²) in [6.07, 6.45) is 1.19. The number of carbonyl (C=O) groups is 2. The van der Waals surface area contributed by atoms with E-state index in [2.05, 4.69) is 0 Å². The van der Waals surface area contributed by atoms with E-state index >= 15 is 0 Å². The molecule has 0 radical (unpaired) electrons. The van der Waals surface area contributed by atoms with Gasteiger partial charge in [0.1, 0.15) is 4.21 Å². The molecule has 2 rings (SSSR count). The molecule has 0 fully saturated rings. The first-order chi connectivity index (χ1) is 13.6. The molecule has 0 aliphatic carbocycles. The number of nitrogens with one attached hydrogen (secondary N) is 1. The Morgan fingerprint density at radius 2 is 1.86 bits per heavy atom. The Kier molecular flexibility index (Phi) is 7.80. The molecule has 3 N–H and O–H groups in total. The van der Waals surface area contributed by atoms with E-state index in [4.69, 9.17) is 10.5 Å². The lowest BCUT2D eigenvalue weighted by Crippen LogP contribution is -2.31. The standard InChI is InChI=1S/C20H26N2O5S2/c1-4-5-10-27-20(24)22-29(25,26)19-17(12-16(28-19)11-13(2)3)14-6-8-15(9-7-14)18(21)23/h6-9,12-13H,4-5,10-11H2,1-3H3,(H2,21,23)(H,22,24). The van der Waals surface area contributed by atoms with E-state index in [-0.39, 0.29) is 10.8 Å². The molecule has 0 aliphatic rings. The Hall–Kier alpha value is -2.39. The molecule has 0 unspecified atom stereocenters. The van der Waals surface area contributed by atoms with Crippen LogP contribution < -0.4 is 10.5 Å². The first-order valence-corrected chi connectivity index (χ1v) is 11.7. The summed E-state index contributed by atoms with van der Waals surface area (Å²) in [5, 5.41) is 0. The van der Waals surface area contributed by atoms with Crippen LogP contribution in [0.15, 0.2) is 34.5 Å². The quantitative estimate of drug-likeness (QED) is 0.576. The van der Waals surface area contributed by atoms with Gasteiger partial charge in [0.2, 0.25) is 5.91 Å². The summed E-state index contributed by atoms with van der Waals surface area (Å²) >= 11 is 1.12. The van der Waals surface area contributed by atoms with Gasteiger partial charge in [-0.05, 0) is 42.5 Å². The van der Waals surface area contributed by atoms with Crippen molar-refractivity contribution in [2.45, 2.75) is 44.2 Å². The lowest BCUT2D eigenvalue weighted by atomic mass is 10.0. The van der Waals surface area contributed by atoms with Gasteiger partial charge in [-0.15, -0.1) is 11.3 Å². The fourth-order valence-corrected chi connectivity index (χ4v) is 5.48. The maximum atomic E-state index is 12.9. The normalized spacial score (nSPS) is 11.4. The van der Waals surface area contributed by atoms with E-state index in [1.54, 1.807) is 30.3 Å². The predicted molar refractivity (Wildman–Crippen MR) is 113 cm³/mol. The lowest BCUT2D eigenvalue weighted by Gasteiger charge is -2.09. The third-order valence-electron chi connectivity index (χ3n) is 4.03. The molecule has 0 bridgehead atoms. The number of primary amides is 1. The third-order valence-corrected chi connectivity index (χ3v) is 7.04. The second kappa shape index (κ2) is 9.89. The van der Waals surface area contributed by atoms with E-state index in [9.17, 15) is 18.0 Å². The number of amides is 2. The van der Waals surface area contributed by atoms with Gasteiger partial charge in [-0.2, -0.15) is 0 Å². The highest BCUT2D eigenvalue weighted by Gasteiger charge is 2.26. The van der Waals surface area contributed by atoms with Crippen molar-refractivity contribution in [2.75, 3.05) is 6.61 Å². The fraction of sp³-hybridized carbons (Fsp3) is 0.400. The summed E-state index contributed by atoms with van der Waals surface area (Å²) in [4.78, 5) is 24.1. The minimum absolute atomic E-state index is 0.0346. The molecule has 29 heavy (non-hydrogen) atoms. The highest BCUT2D eigenvalue weighted by atomic mass is 32.2. The van der Waals surface area contributed by atoms with Crippen LogP contribution in [0.25, 0.3) is 11.1 Å². The van der Waals surface area contributed by atoms with Crippen molar-refractivity contribution < 1.29 is 22.7 Å². The summed E-state index contributed by atoms with van der Waals surface area (Å²) in [5.74, 6) is -0.229. The molecule has 0 saturated carbocycles. The highest BCUT2D eigenvalue weighted by Crippen LogP contribution is 2.36.